The van der Waals surface area contributed by atoms with E-state index in [-0.39, 0.29) is 0 Å². The van der Waals surface area contributed by atoms with Crippen LogP contribution >= 0.6 is 47.0 Å². The van der Waals surface area contributed by atoms with Crippen LogP contribution in [0.2, 0.25) is 15.1 Å². The van der Waals surface area contributed by atoms with Crippen LogP contribution < -0.4 is 10.5 Å². The van der Waals surface area contributed by atoms with E-state index in [1.54, 1.807) is 12.1 Å². The number of hydrogen-bond acceptors (Lipinski definition) is 2. The highest BCUT2D eigenvalue weighted by atomic mass is 35.5. The molecule has 2 aromatic carbocycles. The third-order valence-corrected chi connectivity index (χ3v) is 3.98. The van der Waals surface area contributed by atoms with Crippen LogP contribution in [-0.4, -0.2) is 4.99 Å². The van der Waals surface area contributed by atoms with Crippen LogP contribution in [0.5, 0.6) is 5.75 Å². The van der Waals surface area contributed by atoms with Gasteiger partial charge in [-0.1, -0.05) is 59.2 Å². The normalized spacial score (nSPS) is 10.5. The largest absolute Gasteiger partial charge is 0.486 e. The molecule has 2 nitrogen and oxygen atoms in total. The van der Waals surface area contributed by atoms with Crippen LogP contribution in [0.4, 0.5) is 0 Å². The van der Waals surface area contributed by atoms with Crippen molar-refractivity contribution in [2.45, 2.75) is 13.5 Å². The first-order valence-corrected chi connectivity index (χ1v) is 7.59. The predicted molar refractivity (Wildman–Crippen MR) is 92.9 cm³/mol. The summed E-state index contributed by atoms with van der Waals surface area (Å²) in [6, 6.07) is 8.88. The number of nitrogens with two attached hydrogens (primary N) is 1. The maximum atomic E-state index is 6.08. The summed E-state index contributed by atoms with van der Waals surface area (Å²) in [5, 5.41) is 1.23. The van der Waals surface area contributed by atoms with E-state index in [2.05, 4.69) is 0 Å². The molecule has 0 aromatic heterocycles. The number of benzene rings is 2. The van der Waals surface area contributed by atoms with Crippen molar-refractivity contribution in [3.63, 3.8) is 0 Å². The third kappa shape index (κ3) is 4.01. The fourth-order valence-corrected chi connectivity index (χ4v) is 2.88. The first kappa shape index (κ1) is 16.4. The highest BCUT2D eigenvalue weighted by Crippen LogP contribution is 2.36. The predicted octanol–water partition coefficient (Wildman–Crippen LogP) is 5.17. The molecule has 0 radical (unpaired) electrons. The minimum atomic E-state index is 0.338. The van der Waals surface area contributed by atoms with Gasteiger partial charge in [-0.05, 0) is 36.2 Å². The van der Waals surface area contributed by atoms with Crippen LogP contribution in [0.3, 0.4) is 0 Å². The molecule has 2 N–H and O–H groups in total. The zero-order valence-corrected chi connectivity index (χ0v) is 14.2. The molecule has 0 saturated carbocycles. The van der Waals surface area contributed by atoms with Gasteiger partial charge in [0, 0.05) is 10.6 Å². The van der Waals surface area contributed by atoms with Gasteiger partial charge in [0.05, 0.1) is 10.0 Å². The summed E-state index contributed by atoms with van der Waals surface area (Å²) >= 11 is 23.0. The average Bonchev–Trinajstić information content (AvgIpc) is 2.38. The van der Waals surface area contributed by atoms with Crippen LogP contribution in [-0.2, 0) is 6.61 Å². The average molecular weight is 361 g/mol. The lowest BCUT2D eigenvalue weighted by molar-refractivity contribution is 0.306. The lowest BCUT2D eigenvalue weighted by Gasteiger charge is -2.12. The SMILES string of the molecule is Cc1cc(C(N)=S)ccc1COc1c(Cl)cc(Cl)cc1Cl. The minimum Gasteiger partial charge on any atom is -0.486 e. The third-order valence-electron chi connectivity index (χ3n) is 2.96. The maximum Gasteiger partial charge on any atom is 0.157 e. The summed E-state index contributed by atoms with van der Waals surface area (Å²) < 4.78 is 5.70. The van der Waals surface area contributed by atoms with Crippen LogP contribution in [0.25, 0.3) is 0 Å². The Morgan fingerprint density at radius 1 is 1.14 bits per heavy atom. The highest BCUT2D eigenvalue weighted by Gasteiger charge is 2.10. The van der Waals surface area contributed by atoms with Crippen molar-refractivity contribution in [3.05, 3.63) is 62.1 Å². The molecular weight excluding hydrogens is 349 g/mol. The van der Waals surface area contributed by atoms with E-state index < -0.39 is 0 Å². The second kappa shape index (κ2) is 6.84. The van der Waals surface area contributed by atoms with E-state index in [4.69, 9.17) is 57.5 Å². The Morgan fingerprint density at radius 2 is 1.76 bits per heavy atom. The minimum absolute atomic E-state index is 0.338. The Morgan fingerprint density at radius 3 is 2.29 bits per heavy atom. The van der Waals surface area contributed by atoms with Gasteiger partial charge in [-0.25, -0.2) is 0 Å². The van der Waals surface area contributed by atoms with Crippen LogP contribution in [0.1, 0.15) is 16.7 Å². The second-order valence-corrected chi connectivity index (χ2v) is 6.18. The Hall–Kier alpha value is -1.000. The van der Waals surface area contributed by atoms with Crippen LogP contribution in [0.15, 0.2) is 30.3 Å². The number of halogens is 3. The number of rotatable bonds is 4. The Bertz CT molecular complexity index is 680. The number of thiocarbonyl (C=S) groups is 1. The first-order valence-electron chi connectivity index (χ1n) is 6.05. The van der Waals surface area contributed by atoms with E-state index in [9.17, 15) is 0 Å². The van der Waals surface area contributed by atoms with Gasteiger partial charge < -0.3 is 10.5 Å². The summed E-state index contributed by atoms with van der Waals surface area (Å²) in [4.78, 5) is 0.370. The molecule has 0 unspecified atom stereocenters. The van der Waals surface area contributed by atoms with Crippen molar-refractivity contribution in [1.29, 1.82) is 0 Å². The number of hydrogen-bond donors (Lipinski definition) is 1. The van der Waals surface area contributed by atoms with E-state index in [1.807, 2.05) is 25.1 Å². The fraction of sp³-hybridized carbons (Fsp3) is 0.133. The van der Waals surface area contributed by atoms with Crippen molar-refractivity contribution in [1.82, 2.24) is 0 Å². The van der Waals surface area contributed by atoms with E-state index in [0.29, 0.717) is 32.4 Å². The van der Waals surface area contributed by atoms with Gasteiger partial charge >= 0.3 is 0 Å². The summed E-state index contributed by atoms with van der Waals surface area (Å²) in [6.07, 6.45) is 0. The molecule has 0 aliphatic rings. The van der Waals surface area contributed by atoms with Crippen molar-refractivity contribution < 1.29 is 4.74 Å². The van der Waals surface area contributed by atoms with Gasteiger partial charge in [0.1, 0.15) is 11.6 Å². The molecule has 21 heavy (non-hydrogen) atoms. The molecule has 0 aliphatic heterocycles. The molecule has 0 atom stereocenters. The zero-order chi connectivity index (χ0) is 15.6. The first-order chi connectivity index (χ1) is 9.88. The highest BCUT2D eigenvalue weighted by molar-refractivity contribution is 7.80. The molecule has 0 spiro atoms. The smallest absolute Gasteiger partial charge is 0.157 e. The Labute approximate surface area is 143 Å². The lowest BCUT2D eigenvalue weighted by Crippen LogP contribution is -2.10. The van der Waals surface area contributed by atoms with Crippen LogP contribution in [0, 0.1) is 6.92 Å². The Kier molecular flexibility index (Phi) is 5.33. The summed E-state index contributed by atoms with van der Waals surface area (Å²) in [5.74, 6) is 0.417. The van der Waals surface area contributed by atoms with Crippen molar-refractivity contribution in [3.8, 4) is 5.75 Å². The van der Waals surface area contributed by atoms with Gasteiger partial charge in [0.2, 0.25) is 0 Å². The van der Waals surface area contributed by atoms with E-state index in [1.165, 1.54) is 0 Å². The molecule has 0 amide bonds. The Balaban J connectivity index is 2.19. The summed E-state index contributed by atoms with van der Waals surface area (Å²) in [7, 11) is 0. The van der Waals surface area contributed by atoms with Gasteiger partial charge in [0.25, 0.3) is 0 Å². The fourth-order valence-electron chi connectivity index (χ4n) is 1.83. The molecule has 0 fully saturated rings. The van der Waals surface area contributed by atoms with E-state index >= 15 is 0 Å². The summed E-state index contributed by atoms with van der Waals surface area (Å²) in [5.41, 5.74) is 8.46. The number of ether oxygens (including phenoxy) is 1. The molecule has 6 heteroatoms. The molecule has 0 aliphatic carbocycles. The second-order valence-electron chi connectivity index (χ2n) is 4.49. The van der Waals surface area contributed by atoms with Crippen molar-refractivity contribution >= 4 is 52.0 Å². The monoisotopic (exact) mass is 359 g/mol. The molecule has 0 heterocycles. The van der Waals surface area contributed by atoms with E-state index in [0.717, 1.165) is 16.7 Å². The topological polar surface area (TPSA) is 35.2 Å². The van der Waals surface area contributed by atoms with Crippen molar-refractivity contribution in [2.75, 3.05) is 0 Å². The van der Waals surface area contributed by atoms with Gasteiger partial charge in [0.15, 0.2) is 5.75 Å². The van der Waals surface area contributed by atoms with Gasteiger partial charge in [-0.15, -0.1) is 0 Å². The van der Waals surface area contributed by atoms with Crippen molar-refractivity contribution in [2.24, 2.45) is 5.73 Å². The number of aryl methyl sites for hydroxylation is 1. The maximum absolute atomic E-state index is 6.08. The molecule has 2 rings (SSSR count). The summed E-state index contributed by atoms with van der Waals surface area (Å²) in [6.45, 7) is 2.30. The lowest BCUT2D eigenvalue weighted by atomic mass is 10.1. The molecule has 0 saturated heterocycles. The molecule has 2 aromatic rings. The molecule has 0 bridgehead atoms. The quantitative estimate of drug-likeness (QED) is 0.764. The standard InChI is InChI=1S/C15H12Cl3NOS/c1-8-4-9(15(19)21)2-3-10(8)7-20-14-12(17)5-11(16)6-13(14)18/h2-6H,7H2,1H3,(H2,19,21). The van der Waals surface area contributed by atoms with Gasteiger partial charge in [-0.3, -0.25) is 0 Å². The molecular formula is C15H12Cl3NOS. The van der Waals surface area contributed by atoms with Gasteiger partial charge in [-0.2, -0.15) is 0 Å². The zero-order valence-electron chi connectivity index (χ0n) is 11.1. The molecule has 110 valence electrons.